The molecule has 150 valence electrons. The molecule has 1 aromatic rings. The molecule has 1 saturated heterocycles. The number of unbranched alkanes of at least 4 members (excludes halogenated alkanes) is 2. The Bertz CT molecular complexity index is 652. The summed E-state index contributed by atoms with van der Waals surface area (Å²) in [6.45, 7) is 2.75. The van der Waals surface area contributed by atoms with E-state index in [2.05, 4.69) is 48.0 Å². The van der Waals surface area contributed by atoms with Crippen LogP contribution in [0.4, 0.5) is 0 Å². The lowest BCUT2D eigenvalue weighted by atomic mass is 10.2. The van der Waals surface area contributed by atoms with Gasteiger partial charge < -0.3 is 14.2 Å². The van der Waals surface area contributed by atoms with Crippen molar-refractivity contribution in [3.63, 3.8) is 0 Å². The smallest absolute Gasteiger partial charge is 0.158 e. The molecule has 0 N–H and O–H groups in total. The fraction of sp³-hybridized carbons (Fsp3) is 0.520. The van der Waals surface area contributed by atoms with Crippen LogP contribution in [0.5, 0.6) is 0 Å². The molecule has 1 aliphatic heterocycles. The summed E-state index contributed by atoms with van der Waals surface area (Å²) >= 11 is 0. The highest BCUT2D eigenvalue weighted by atomic mass is 16.7. The third-order valence-electron chi connectivity index (χ3n) is 4.29. The summed E-state index contributed by atoms with van der Waals surface area (Å²) in [4.78, 5) is 0. The van der Waals surface area contributed by atoms with Gasteiger partial charge in [-0.25, -0.2) is 0 Å². The van der Waals surface area contributed by atoms with Crippen LogP contribution in [0, 0.1) is 23.7 Å². The molecule has 1 unspecified atom stereocenters. The maximum absolute atomic E-state index is 5.67. The molecule has 1 aromatic carbocycles. The zero-order chi connectivity index (χ0) is 19.5. The molecule has 2 rings (SSSR count). The van der Waals surface area contributed by atoms with Crippen molar-refractivity contribution in [1.29, 1.82) is 0 Å². The highest BCUT2D eigenvalue weighted by molar-refractivity contribution is 5.13. The first-order valence-electron chi connectivity index (χ1n) is 10.4. The summed E-state index contributed by atoms with van der Waals surface area (Å²) in [5.41, 5.74) is 1.23. The van der Waals surface area contributed by atoms with Crippen LogP contribution in [0.1, 0.15) is 56.9 Å². The Hall–Kier alpha value is -2.04. The minimum absolute atomic E-state index is 0.0516. The lowest BCUT2D eigenvalue weighted by molar-refractivity contribution is -0.154. The molecule has 0 aliphatic carbocycles. The van der Waals surface area contributed by atoms with E-state index in [4.69, 9.17) is 14.2 Å². The quantitative estimate of drug-likeness (QED) is 0.315. The molecule has 0 amide bonds. The zero-order valence-electron chi connectivity index (χ0n) is 16.8. The fourth-order valence-electron chi connectivity index (χ4n) is 2.73. The molecule has 1 heterocycles. The van der Waals surface area contributed by atoms with Gasteiger partial charge in [0.1, 0.15) is 6.61 Å². The van der Waals surface area contributed by atoms with Crippen molar-refractivity contribution in [2.45, 2.75) is 64.3 Å². The molecule has 3 heteroatoms. The van der Waals surface area contributed by atoms with Gasteiger partial charge in [0, 0.05) is 32.5 Å². The zero-order valence-corrected chi connectivity index (χ0v) is 16.8. The number of ether oxygens (including phenoxy) is 3. The minimum Gasteiger partial charge on any atom is -0.377 e. The van der Waals surface area contributed by atoms with Gasteiger partial charge in [-0.2, -0.15) is 0 Å². The van der Waals surface area contributed by atoms with Gasteiger partial charge in [-0.15, -0.1) is 5.92 Å². The normalized spacial score (nSPS) is 16.2. The third kappa shape index (κ3) is 11.6. The Morgan fingerprint density at radius 2 is 1.79 bits per heavy atom. The van der Waals surface area contributed by atoms with Gasteiger partial charge >= 0.3 is 0 Å². The molecular formula is C25H32O3. The average Bonchev–Trinajstić information content (AvgIpc) is 2.75. The van der Waals surface area contributed by atoms with Gasteiger partial charge in [0.25, 0.3) is 0 Å². The molecule has 0 spiro atoms. The number of rotatable bonds is 10. The highest BCUT2D eigenvalue weighted by Crippen LogP contribution is 2.13. The van der Waals surface area contributed by atoms with Crippen LogP contribution < -0.4 is 0 Å². The molecule has 0 bridgehead atoms. The van der Waals surface area contributed by atoms with E-state index < -0.39 is 0 Å². The van der Waals surface area contributed by atoms with Crippen LogP contribution in [0.15, 0.2) is 42.5 Å². The third-order valence-corrected chi connectivity index (χ3v) is 4.29. The van der Waals surface area contributed by atoms with E-state index in [0.717, 1.165) is 58.2 Å². The molecule has 3 nitrogen and oxygen atoms in total. The Balaban J connectivity index is 1.37. The maximum Gasteiger partial charge on any atom is 0.158 e. The number of benzene rings is 1. The molecule has 1 fully saturated rings. The number of hydrogen-bond acceptors (Lipinski definition) is 3. The molecule has 0 saturated carbocycles. The van der Waals surface area contributed by atoms with E-state index >= 15 is 0 Å². The van der Waals surface area contributed by atoms with Gasteiger partial charge in [0.2, 0.25) is 0 Å². The molecule has 1 aliphatic rings. The highest BCUT2D eigenvalue weighted by Gasteiger charge is 2.12. The Morgan fingerprint density at radius 3 is 2.57 bits per heavy atom. The van der Waals surface area contributed by atoms with E-state index in [1.165, 1.54) is 12.0 Å². The first-order chi connectivity index (χ1) is 13.9. The molecular weight excluding hydrogens is 348 g/mol. The molecule has 28 heavy (non-hydrogen) atoms. The van der Waals surface area contributed by atoms with Crippen molar-refractivity contribution in [2.24, 2.45) is 0 Å². The van der Waals surface area contributed by atoms with Crippen LogP contribution >= 0.6 is 0 Å². The van der Waals surface area contributed by atoms with Crippen molar-refractivity contribution < 1.29 is 14.2 Å². The van der Waals surface area contributed by atoms with Crippen molar-refractivity contribution in [3.05, 3.63) is 48.0 Å². The second kappa shape index (κ2) is 16.0. The molecule has 0 aromatic heterocycles. The van der Waals surface area contributed by atoms with Crippen molar-refractivity contribution >= 4 is 0 Å². The Kier molecular flexibility index (Phi) is 12.7. The summed E-state index contributed by atoms with van der Waals surface area (Å²) in [6, 6.07) is 10.3. The van der Waals surface area contributed by atoms with Gasteiger partial charge in [-0.3, -0.25) is 0 Å². The number of allylic oxidation sites excluding steroid dienone is 2. The SMILES string of the molecule is C(#CCCCCOCc1ccccc1)C/C=C/CC#CCOC1CCCCO1. The topological polar surface area (TPSA) is 27.7 Å². The van der Waals surface area contributed by atoms with E-state index in [0.29, 0.717) is 13.2 Å². The van der Waals surface area contributed by atoms with Gasteiger partial charge in [-0.05, 0) is 37.7 Å². The Morgan fingerprint density at radius 1 is 0.964 bits per heavy atom. The van der Waals surface area contributed by atoms with Gasteiger partial charge in [0.05, 0.1) is 6.61 Å². The second-order valence-corrected chi connectivity index (χ2v) is 6.69. The molecule has 0 radical (unpaired) electrons. The largest absolute Gasteiger partial charge is 0.377 e. The van der Waals surface area contributed by atoms with Crippen LogP contribution in [0.25, 0.3) is 0 Å². The van der Waals surface area contributed by atoms with Crippen molar-refractivity contribution in [2.75, 3.05) is 19.8 Å². The standard InChI is InChI=1S/C25H32O3/c1(3-5-7-9-15-21-27-25-19-13-16-22-28-25)2-4-6-8-14-20-26-23-24-17-11-10-12-18-24/h3,5,10-12,17-18,25H,1,6-8,13-14,16,19-23H2/b5-3+. The van der Waals surface area contributed by atoms with E-state index in [9.17, 15) is 0 Å². The molecule has 1 atom stereocenters. The van der Waals surface area contributed by atoms with Gasteiger partial charge in [-0.1, -0.05) is 60.2 Å². The monoisotopic (exact) mass is 380 g/mol. The summed E-state index contributed by atoms with van der Waals surface area (Å²) < 4.78 is 16.7. The summed E-state index contributed by atoms with van der Waals surface area (Å²) in [5, 5.41) is 0. The van der Waals surface area contributed by atoms with E-state index in [1.807, 2.05) is 18.2 Å². The van der Waals surface area contributed by atoms with E-state index in [-0.39, 0.29) is 6.29 Å². The average molecular weight is 381 g/mol. The predicted octanol–water partition coefficient (Wildman–Crippen LogP) is 5.26. The van der Waals surface area contributed by atoms with Gasteiger partial charge in [0.15, 0.2) is 6.29 Å². The van der Waals surface area contributed by atoms with Crippen molar-refractivity contribution in [1.82, 2.24) is 0 Å². The summed E-state index contributed by atoms with van der Waals surface area (Å²) in [5.74, 6) is 12.5. The van der Waals surface area contributed by atoms with Crippen LogP contribution in [0.3, 0.4) is 0 Å². The fourth-order valence-corrected chi connectivity index (χ4v) is 2.73. The first-order valence-corrected chi connectivity index (χ1v) is 10.4. The lowest BCUT2D eigenvalue weighted by Gasteiger charge is -2.21. The minimum atomic E-state index is -0.0516. The lowest BCUT2D eigenvalue weighted by Crippen LogP contribution is -2.22. The summed E-state index contributed by atoms with van der Waals surface area (Å²) in [6.07, 6.45) is 12.0. The van der Waals surface area contributed by atoms with E-state index in [1.54, 1.807) is 0 Å². The van der Waals surface area contributed by atoms with Crippen LogP contribution in [-0.4, -0.2) is 26.1 Å². The predicted molar refractivity (Wildman–Crippen MR) is 113 cm³/mol. The Labute approximate surface area is 170 Å². The first kappa shape index (κ1) is 22.3. The maximum atomic E-state index is 5.67. The van der Waals surface area contributed by atoms with Crippen molar-refractivity contribution in [3.8, 4) is 23.7 Å². The second-order valence-electron chi connectivity index (χ2n) is 6.69. The van der Waals surface area contributed by atoms with Crippen LogP contribution in [0.2, 0.25) is 0 Å². The number of hydrogen-bond donors (Lipinski definition) is 0. The summed E-state index contributed by atoms with van der Waals surface area (Å²) in [7, 11) is 0. The van der Waals surface area contributed by atoms with Crippen LogP contribution in [-0.2, 0) is 20.8 Å².